The van der Waals surface area contributed by atoms with E-state index >= 15 is 0 Å². The van der Waals surface area contributed by atoms with Crippen LogP contribution in [0.1, 0.15) is 30.9 Å². The molecular weight excluding hydrogens is 300 g/mol. The van der Waals surface area contributed by atoms with Gasteiger partial charge >= 0.3 is 0 Å². The molecular formula is C21H26O3. The summed E-state index contributed by atoms with van der Waals surface area (Å²) in [5.74, 6) is 0.900. The van der Waals surface area contributed by atoms with E-state index in [0.29, 0.717) is 18.8 Å². The van der Waals surface area contributed by atoms with Crippen LogP contribution < -0.4 is 4.74 Å². The molecule has 24 heavy (non-hydrogen) atoms. The van der Waals surface area contributed by atoms with Crippen LogP contribution >= 0.6 is 0 Å². The highest BCUT2D eigenvalue weighted by Gasteiger charge is 2.37. The van der Waals surface area contributed by atoms with Gasteiger partial charge in [-0.3, -0.25) is 0 Å². The Labute approximate surface area is 144 Å². The summed E-state index contributed by atoms with van der Waals surface area (Å²) in [4.78, 5) is 0. The predicted octanol–water partition coefficient (Wildman–Crippen LogP) is 4.39. The van der Waals surface area contributed by atoms with E-state index in [0.717, 1.165) is 31.8 Å². The Bertz CT molecular complexity index is 594. The Morgan fingerprint density at radius 1 is 0.917 bits per heavy atom. The smallest absolute Gasteiger partial charge is 0.119 e. The minimum Gasteiger partial charge on any atom is -0.489 e. The normalized spacial score (nSPS) is 19.2. The SMILES string of the molecule is CCCC1OC1COCCc1ccc(OCc2ccccc2)cc1. The monoisotopic (exact) mass is 326 g/mol. The van der Waals surface area contributed by atoms with Crippen molar-refractivity contribution >= 4 is 0 Å². The summed E-state index contributed by atoms with van der Waals surface area (Å²) in [6.07, 6.45) is 4.03. The number of ether oxygens (including phenoxy) is 3. The van der Waals surface area contributed by atoms with E-state index in [2.05, 4.69) is 31.2 Å². The Balaban J connectivity index is 1.33. The topological polar surface area (TPSA) is 31.0 Å². The molecule has 0 aliphatic carbocycles. The van der Waals surface area contributed by atoms with Crippen LogP contribution in [-0.4, -0.2) is 25.4 Å². The number of rotatable bonds is 10. The quantitative estimate of drug-likeness (QED) is 0.479. The zero-order chi connectivity index (χ0) is 16.6. The van der Waals surface area contributed by atoms with Gasteiger partial charge in [0.25, 0.3) is 0 Å². The maximum absolute atomic E-state index is 5.80. The van der Waals surface area contributed by atoms with E-state index in [9.17, 15) is 0 Å². The molecule has 1 aliphatic heterocycles. The van der Waals surface area contributed by atoms with Crippen molar-refractivity contribution in [3.05, 3.63) is 65.7 Å². The molecule has 0 radical (unpaired) electrons. The third kappa shape index (κ3) is 5.36. The second kappa shape index (κ2) is 8.86. The van der Waals surface area contributed by atoms with Gasteiger partial charge in [0.1, 0.15) is 18.5 Å². The zero-order valence-electron chi connectivity index (χ0n) is 14.3. The molecule has 3 heteroatoms. The Kier molecular flexibility index (Phi) is 6.27. The Morgan fingerprint density at radius 3 is 2.46 bits per heavy atom. The van der Waals surface area contributed by atoms with Crippen molar-refractivity contribution in [3.8, 4) is 5.75 Å². The Morgan fingerprint density at radius 2 is 1.71 bits per heavy atom. The van der Waals surface area contributed by atoms with Crippen LogP contribution in [0.2, 0.25) is 0 Å². The van der Waals surface area contributed by atoms with Crippen molar-refractivity contribution < 1.29 is 14.2 Å². The molecule has 3 rings (SSSR count). The van der Waals surface area contributed by atoms with Crippen molar-refractivity contribution in [2.75, 3.05) is 13.2 Å². The number of hydrogen-bond acceptors (Lipinski definition) is 3. The van der Waals surface area contributed by atoms with Gasteiger partial charge in [0.05, 0.1) is 19.3 Å². The fraction of sp³-hybridized carbons (Fsp3) is 0.429. The molecule has 3 nitrogen and oxygen atoms in total. The molecule has 2 atom stereocenters. The third-order valence-corrected chi connectivity index (χ3v) is 4.25. The lowest BCUT2D eigenvalue weighted by Crippen LogP contribution is -2.07. The van der Waals surface area contributed by atoms with Crippen molar-refractivity contribution in [1.29, 1.82) is 0 Å². The van der Waals surface area contributed by atoms with Crippen molar-refractivity contribution in [2.24, 2.45) is 0 Å². The van der Waals surface area contributed by atoms with Gasteiger partial charge in [0.15, 0.2) is 0 Å². The number of hydrogen-bond donors (Lipinski definition) is 0. The number of epoxide rings is 1. The largest absolute Gasteiger partial charge is 0.489 e. The molecule has 0 aromatic heterocycles. The van der Waals surface area contributed by atoms with E-state index in [4.69, 9.17) is 14.2 Å². The number of benzene rings is 2. The standard InChI is InChI=1S/C21H26O3/c1-2-6-20-21(24-20)16-22-14-13-17-9-11-19(12-10-17)23-15-18-7-4-3-5-8-18/h3-5,7-12,20-21H,2,6,13-16H2,1H3. The van der Waals surface area contributed by atoms with Crippen LogP contribution in [0.5, 0.6) is 5.75 Å². The minimum absolute atomic E-state index is 0.332. The average molecular weight is 326 g/mol. The maximum Gasteiger partial charge on any atom is 0.119 e. The highest BCUT2D eigenvalue weighted by molar-refractivity contribution is 5.28. The van der Waals surface area contributed by atoms with E-state index in [1.165, 1.54) is 17.5 Å². The molecule has 128 valence electrons. The molecule has 0 spiro atoms. The van der Waals surface area contributed by atoms with Crippen LogP contribution in [-0.2, 0) is 22.5 Å². The van der Waals surface area contributed by atoms with E-state index in [-0.39, 0.29) is 0 Å². The van der Waals surface area contributed by atoms with E-state index in [1.807, 2.05) is 30.3 Å². The van der Waals surface area contributed by atoms with E-state index in [1.54, 1.807) is 0 Å². The van der Waals surface area contributed by atoms with Crippen molar-refractivity contribution in [1.82, 2.24) is 0 Å². The fourth-order valence-electron chi connectivity index (χ4n) is 2.75. The van der Waals surface area contributed by atoms with Gasteiger partial charge in [-0.1, -0.05) is 55.8 Å². The van der Waals surface area contributed by atoms with Gasteiger partial charge in [-0.25, -0.2) is 0 Å². The van der Waals surface area contributed by atoms with Gasteiger partial charge < -0.3 is 14.2 Å². The lowest BCUT2D eigenvalue weighted by Gasteiger charge is -2.07. The molecule has 2 aromatic carbocycles. The minimum atomic E-state index is 0.332. The first-order chi connectivity index (χ1) is 11.8. The second-order valence-corrected chi connectivity index (χ2v) is 6.24. The summed E-state index contributed by atoms with van der Waals surface area (Å²) in [5, 5.41) is 0. The van der Waals surface area contributed by atoms with Crippen LogP contribution in [0.3, 0.4) is 0 Å². The van der Waals surface area contributed by atoms with Crippen LogP contribution in [0, 0.1) is 0 Å². The molecule has 0 saturated carbocycles. The summed E-state index contributed by atoms with van der Waals surface area (Å²) in [7, 11) is 0. The van der Waals surface area contributed by atoms with Crippen LogP contribution in [0.4, 0.5) is 0 Å². The molecule has 0 amide bonds. The molecule has 1 saturated heterocycles. The highest BCUT2D eigenvalue weighted by atomic mass is 16.6. The molecule has 1 aliphatic rings. The van der Waals surface area contributed by atoms with Gasteiger partial charge in [-0.15, -0.1) is 0 Å². The first kappa shape index (κ1) is 17.0. The summed E-state index contributed by atoms with van der Waals surface area (Å²) in [5.41, 5.74) is 2.45. The predicted molar refractivity (Wildman–Crippen MR) is 95.3 cm³/mol. The fourth-order valence-corrected chi connectivity index (χ4v) is 2.75. The third-order valence-electron chi connectivity index (χ3n) is 4.25. The Hall–Kier alpha value is -1.84. The summed E-state index contributed by atoms with van der Waals surface area (Å²) in [6, 6.07) is 18.5. The lowest BCUT2D eigenvalue weighted by atomic mass is 10.1. The molecule has 2 unspecified atom stereocenters. The van der Waals surface area contributed by atoms with Crippen molar-refractivity contribution in [2.45, 2.75) is 45.0 Å². The lowest BCUT2D eigenvalue weighted by molar-refractivity contribution is 0.119. The van der Waals surface area contributed by atoms with E-state index < -0.39 is 0 Å². The first-order valence-electron chi connectivity index (χ1n) is 8.84. The molecule has 0 bridgehead atoms. The van der Waals surface area contributed by atoms with Gasteiger partial charge in [0, 0.05) is 0 Å². The molecule has 1 heterocycles. The van der Waals surface area contributed by atoms with Gasteiger partial charge in [0.2, 0.25) is 0 Å². The molecule has 0 N–H and O–H groups in total. The summed E-state index contributed by atoms with van der Waals surface area (Å²) in [6.45, 7) is 4.25. The first-order valence-corrected chi connectivity index (χ1v) is 8.84. The van der Waals surface area contributed by atoms with Crippen LogP contribution in [0.15, 0.2) is 54.6 Å². The summed E-state index contributed by atoms with van der Waals surface area (Å²) < 4.78 is 17.1. The van der Waals surface area contributed by atoms with Crippen LogP contribution in [0.25, 0.3) is 0 Å². The molecule has 1 fully saturated rings. The van der Waals surface area contributed by atoms with Gasteiger partial charge in [-0.05, 0) is 36.1 Å². The molecule has 2 aromatic rings. The zero-order valence-corrected chi connectivity index (χ0v) is 14.3. The highest BCUT2D eigenvalue weighted by Crippen LogP contribution is 2.26. The maximum atomic E-state index is 5.80. The second-order valence-electron chi connectivity index (χ2n) is 6.24. The van der Waals surface area contributed by atoms with Crippen molar-refractivity contribution in [3.63, 3.8) is 0 Å². The average Bonchev–Trinajstić information content (AvgIpc) is 3.37. The summed E-state index contributed by atoms with van der Waals surface area (Å²) >= 11 is 0. The van der Waals surface area contributed by atoms with Gasteiger partial charge in [-0.2, -0.15) is 0 Å².